The van der Waals surface area contributed by atoms with Crippen molar-refractivity contribution in [3.63, 3.8) is 0 Å². The van der Waals surface area contributed by atoms with E-state index < -0.39 is 24.3 Å². The molecule has 0 amide bonds. The number of unbranched alkanes of at least 4 members (excludes halogenated alkanes) is 24. The highest BCUT2D eigenvalue weighted by molar-refractivity contribution is 5.70. The molecule has 0 saturated heterocycles. The summed E-state index contributed by atoms with van der Waals surface area (Å²) in [6, 6.07) is 0. The first-order valence-corrected chi connectivity index (χ1v) is 25.8. The highest BCUT2D eigenvalue weighted by Crippen LogP contribution is 2.14. The van der Waals surface area contributed by atoms with Gasteiger partial charge in [-0.1, -0.05) is 178 Å². The largest absolute Gasteiger partial charge is 0.545 e. The highest BCUT2D eigenvalue weighted by Gasteiger charge is 2.22. The summed E-state index contributed by atoms with van der Waals surface area (Å²) >= 11 is 0. The van der Waals surface area contributed by atoms with Crippen LogP contribution < -0.4 is 5.11 Å². The molecule has 0 N–H and O–H groups in total. The van der Waals surface area contributed by atoms with Crippen LogP contribution in [0.3, 0.4) is 0 Å². The predicted octanol–water partition coefficient (Wildman–Crippen LogP) is 13.0. The lowest BCUT2D eigenvalue weighted by molar-refractivity contribution is -0.870. The summed E-state index contributed by atoms with van der Waals surface area (Å²) in [6.45, 7) is 4.70. The van der Waals surface area contributed by atoms with Crippen molar-refractivity contribution in [2.24, 2.45) is 0 Å². The maximum absolute atomic E-state index is 12.8. The molecule has 0 fully saturated rings. The number of nitrogens with zero attached hydrogens (tertiary/aromatic N) is 1. The molecule has 63 heavy (non-hydrogen) atoms. The smallest absolute Gasteiger partial charge is 0.306 e. The molecule has 0 aromatic carbocycles. The lowest BCUT2D eigenvalue weighted by Gasteiger charge is -2.26. The molecule has 0 aliphatic carbocycles. The van der Waals surface area contributed by atoms with Crippen molar-refractivity contribution in [3.8, 4) is 0 Å². The summed E-state index contributed by atoms with van der Waals surface area (Å²) in [5, 5.41) is 11.7. The molecule has 2 unspecified atom stereocenters. The molecule has 0 spiro atoms. The monoisotopic (exact) mass is 888 g/mol. The molecule has 0 aromatic rings. The molecule has 0 aliphatic rings. The van der Waals surface area contributed by atoms with E-state index in [1.807, 2.05) is 21.1 Å². The van der Waals surface area contributed by atoms with Crippen LogP contribution in [0.1, 0.15) is 219 Å². The third-order valence-corrected chi connectivity index (χ3v) is 11.0. The number of allylic oxidation sites excluding steroid dienone is 8. The third-order valence-electron chi connectivity index (χ3n) is 11.0. The van der Waals surface area contributed by atoms with Gasteiger partial charge < -0.3 is 33.3 Å². The Kier molecular flexibility index (Phi) is 43.8. The number of hydrogen-bond donors (Lipinski definition) is 0. The van der Waals surface area contributed by atoms with Crippen molar-refractivity contribution in [2.75, 3.05) is 47.5 Å². The van der Waals surface area contributed by atoms with Gasteiger partial charge in [-0.15, -0.1) is 0 Å². The average molecular weight is 888 g/mol. The van der Waals surface area contributed by atoms with E-state index >= 15 is 0 Å². The maximum Gasteiger partial charge on any atom is 0.306 e. The topological polar surface area (TPSA) is 111 Å². The van der Waals surface area contributed by atoms with E-state index in [1.54, 1.807) is 0 Å². The molecule has 0 heterocycles. The number of esters is 2. The molecular formula is C54H97NO8. The average Bonchev–Trinajstić information content (AvgIpc) is 3.24. The number of rotatable bonds is 47. The molecule has 366 valence electrons. The van der Waals surface area contributed by atoms with Crippen molar-refractivity contribution in [2.45, 2.75) is 232 Å². The molecule has 0 saturated carbocycles. The van der Waals surface area contributed by atoms with Crippen molar-refractivity contribution in [1.82, 2.24) is 0 Å². The fraction of sp³-hybridized carbons (Fsp3) is 0.796. The second-order valence-corrected chi connectivity index (χ2v) is 18.5. The lowest BCUT2D eigenvalue weighted by Crippen LogP contribution is -2.44. The molecule has 2 atom stereocenters. The van der Waals surface area contributed by atoms with Gasteiger partial charge >= 0.3 is 11.9 Å². The first-order valence-electron chi connectivity index (χ1n) is 25.8. The van der Waals surface area contributed by atoms with Gasteiger partial charge in [0.15, 0.2) is 12.4 Å². The molecule has 0 aliphatic heterocycles. The fourth-order valence-electron chi connectivity index (χ4n) is 7.01. The number of hydrogen-bond acceptors (Lipinski definition) is 8. The van der Waals surface area contributed by atoms with Gasteiger partial charge in [-0.05, 0) is 77.0 Å². The quantitative estimate of drug-likeness (QED) is 0.0195. The van der Waals surface area contributed by atoms with Crippen molar-refractivity contribution >= 4 is 17.9 Å². The van der Waals surface area contributed by atoms with Gasteiger partial charge in [0.05, 0.1) is 40.3 Å². The van der Waals surface area contributed by atoms with Crippen LogP contribution >= 0.6 is 0 Å². The molecule has 0 rings (SSSR count). The third kappa shape index (κ3) is 47.0. The van der Waals surface area contributed by atoms with Gasteiger partial charge in [0.25, 0.3) is 0 Å². The summed E-state index contributed by atoms with van der Waals surface area (Å²) in [7, 11) is 5.91. The number of carboxylic acids is 1. The summed E-state index contributed by atoms with van der Waals surface area (Å²) in [5.41, 5.74) is 0. The number of carbonyl (C=O) groups excluding carboxylic acids is 3. The highest BCUT2D eigenvalue weighted by atomic mass is 16.7. The zero-order valence-electron chi connectivity index (χ0n) is 41.4. The Morgan fingerprint density at radius 1 is 0.476 bits per heavy atom. The van der Waals surface area contributed by atoms with Crippen LogP contribution in [0.15, 0.2) is 48.6 Å². The maximum atomic E-state index is 12.8. The number of carboxylic acid groups (broad SMARTS) is 1. The molecular weight excluding hydrogens is 791 g/mol. The van der Waals surface area contributed by atoms with Gasteiger partial charge in [0.1, 0.15) is 13.2 Å². The van der Waals surface area contributed by atoms with Crippen molar-refractivity contribution in [1.29, 1.82) is 0 Å². The van der Waals surface area contributed by atoms with Crippen LogP contribution in [0, 0.1) is 0 Å². The normalized spacial score (nSPS) is 13.2. The van der Waals surface area contributed by atoms with E-state index in [0.717, 1.165) is 70.6 Å². The van der Waals surface area contributed by atoms with E-state index in [-0.39, 0.29) is 38.6 Å². The van der Waals surface area contributed by atoms with E-state index in [4.69, 9.17) is 18.9 Å². The number of quaternary nitrogens is 1. The summed E-state index contributed by atoms with van der Waals surface area (Å²) in [4.78, 5) is 37.1. The minimum atomic E-state index is -1.63. The van der Waals surface area contributed by atoms with Crippen LogP contribution in [-0.4, -0.2) is 82.3 Å². The van der Waals surface area contributed by atoms with E-state index in [2.05, 4.69) is 62.5 Å². The molecule has 0 aromatic heterocycles. The fourth-order valence-corrected chi connectivity index (χ4v) is 7.01. The number of aliphatic carboxylic acids is 1. The zero-order valence-corrected chi connectivity index (χ0v) is 41.4. The van der Waals surface area contributed by atoms with Crippen LogP contribution in [0.4, 0.5) is 0 Å². The minimum absolute atomic E-state index is 0.144. The molecule has 9 heteroatoms. The SMILES string of the molecule is CCCCC/C=C\C/C=C\C/C=C\CCCCCCCCC(=O)OC(COC(=O)CCCCCCCCCCC/C=C\CCCCCCCC)COC(OCC[N+](C)(C)C)C(=O)[O-]. The Hall–Kier alpha value is -2.75. The first-order chi connectivity index (χ1) is 30.6. The van der Waals surface area contributed by atoms with E-state index in [9.17, 15) is 19.5 Å². The number of ether oxygens (including phenoxy) is 4. The van der Waals surface area contributed by atoms with Crippen LogP contribution in [0.25, 0.3) is 0 Å². The Bertz CT molecular complexity index is 1170. The van der Waals surface area contributed by atoms with Gasteiger partial charge in [0.2, 0.25) is 0 Å². The second-order valence-electron chi connectivity index (χ2n) is 18.5. The Morgan fingerprint density at radius 2 is 0.857 bits per heavy atom. The summed E-state index contributed by atoms with van der Waals surface area (Å²) in [6.07, 6.45) is 51.4. The Balaban J connectivity index is 4.37. The van der Waals surface area contributed by atoms with Crippen LogP contribution in [0.2, 0.25) is 0 Å². The zero-order chi connectivity index (χ0) is 46.3. The first kappa shape index (κ1) is 60.2. The standard InChI is InChI=1S/C54H97NO8/c1-6-8-10-12-14-16-18-20-22-24-26-28-30-32-34-36-38-40-42-44-51(56)61-48-50(49-62-54(53(58)59)60-47-46-55(3,4)5)63-52(57)45-43-41-39-37-35-33-31-29-27-25-23-21-19-17-15-13-11-9-7-2/h15,17,20-23,27,29,50,54H,6-14,16,18-19,24-26,28,30-49H2,1-5H3/b17-15-,22-20-,23-21-,29-27-. The van der Waals surface area contributed by atoms with Gasteiger partial charge in [-0.25, -0.2) is 0 Å². The van der Waals surface area contributed by atoms with Gasteiger partial charge in [-0.2, -0.15) is 0 Å². The van der Waals surface area contributed by atoms with Gasteiger partial charge in [0, 0.05) is 12.8 Å². The molecule has 9 nitrogen and oxygen atoms in total. The Labute approximate surface area is 387 Å². The number of carbonyl (C=O) groups is 3. The number of likely N-dealkylation sites (N-methyl/N-ethyl adjacent to an activating group) is 1. The van der Waals surface area contributed by atoms with Crippen molar-refractivity contribution in [3.05, 3.63) is 48.6 Å². The van der Waals surface area contributed by atoms with Crippen LogP contribution in [-0.2, 0) is 33.3 Å². The second kappa shape index (κ2) is 45.8. The predicted molar refractivity (Wildman–Crippen MR) is 260 cm³/mol. The van der Waals surface area contributed by atoms with Crippen LogP contribution in [0.5, 0.6) is 0 Å². The van der Waals surface area contributed by atoms with Crippen molar-refractivity contribution < 1.29 is 42.9 Å². The minimum Gasteiger partial charge on any atom is -0.545 e. The lowest BCUT2D eigenvalue weighted by atomic mass is 10.1. The molecule has 0 radical (unpaired) electrons. The molecule has 0 bridgehead atoms. The van der Waals surface area contributed by atoms with E-state index in [1.165, 1.54) is 116 Å². The Morgan fingerprint density at radius 3 is 1.32 bits per heavy atom. The van der Waals surface area contributed by atoms with E-state index in [0.29, 0.717) is 17.4 Å². The summed E-state index contributed by atoms with van der Waals surface area (Å²) in [5.74, 6) is -2.30. The summed E-state index contributed by atoms with van der Waals surface area (Å²) < 4.78 is 22.6. The van der Waals surface area contributed by atoms with Gasteiger partial charge in [-0.3, -0.25) is 9.59 Å².